The number of hydrogen-bond donors (Lipinski definition) is 3. The van der Waals surface area contributed by atoms with Crippen LogP contribution in [0, 0.1) is 0 Å². The number of ether oxygens (including phenoxy) is 1. The second-order valence-corrected chi connectivity index (χ2v) is 6.09. The van der Waals surface area contributed by atoms with Crippen LogP contribution in [-0.4, -0.2) is 34.7 Å². The van der Waals surface area contributed by atoms with Crippen LogP contribution < -0.4 is 10.6 Å². The quantitative estimate of drug-likeness (QED) is 0.718. The van der Waals surface area contributed by atoms with E-state index in [-0.39, 0.29) is 24.5 Å². The Morgan fingerprint density at radius 3 is 2.64 bits per heavy atom. The SMILES string of the molecule is O=C(COC1CCCC1)N[C@H](C(=O)Nc1ccn[nH]1)c1ccccc1. The van der Waals surface area contributed by atoms with E-state index in [1.807, 2.05) is 18.2 Å². The molecule has 1 saturated carbocycles. The van der Waals surface area contributed by atoms with E-state index in [9.17, 15) is 9.59 Å². The minimum absolute atomic E-state index is 0.0364. The van der Waals surface area contributed by atoms with Crippen LogP contribution in [0.4, 0.5) is 5.82 Å². The van der Waals surface area contributed by atoms with Gasteiger partial charge in [-0.3, -0.25) is 14.7 Å². The van der Waals surface area contributed by atoms with Crippen LogP contribution in [0.5, 0.6) is 0 Å². The van der Waals surface area contributed by atoms with Crippen LogP contribution in [0.1, 0.15) is 37.3 Å². The molecule has 0 bridgehead atoms. The van der Waals surface area contributed by atoms with Gasteiger partial charge in [-0.2, -0.15) is 5.10 Å². The second kappa shape index (κ2) is 8.43. The summed E-state index contributed by atoms with van der Waals surface area (Å²) in [6.07, 6.45) is 5.98. The highest BCUT2D eigenvalue weighted by Gasteiger charge is 2.24. The van der Waals surface area contributed by atoms with E-state index >= 15 is 0 Å². The Labute approximate surface area is 146 Å². The lowest BCUT2D eigenvalue weighted by Crippen LogP contribution is -2.39. The van der Waals surface area contributed by atoms with Gasteiger partial charge in [0.1, 0.15) is 18.5 Å². The lowest BCUT2D eigenvalue weighted by atomic mass is 10.1. The summed E-state index contributed by atoms with van der Waals surface area (Å²) < 4.78 is 5.63. The minimum Gasteiger partial charge on any atom is -0.368 e. The molecule has 1 heterocycles. The Bertz CT molecular complexity index is 682. The predicted molar refractivity (Wildman–Crippen MR) is 92.8 cm³/mol. The van der Waals surface area contributed by atoms with Gasteiger partial charge in [0.25, 0.3) is 5.91 Å². The zero-order valence-corrected chi connectivity index (χ0v) is 13.9. The molecule has 7 nitrogen and oxygen atoms in total. The third kappa shape index (κ3) is 4.90. The third-order valence-electron chi connectivity index (χ3n) is 4.21. The average molecular weight is 342 g/mol. The van der Waals surface area contributed by atoms with Crippen molar-refractivity contribution < 1.29 is 14.3 Å². The smallest absolute Gasteiger partial charge is 0.252 e. The molecule has 1 fully saturated rings. The van der Waals surface area contributed by atoms with Gasteiger partial charge in [-0.25, -0.2) is 0 Å². The fraction of sp³-hybridized carbons (Fsp3) is 0.389. The fourth-order valence-corrected chi connectivity index (χ4v) is 2.93. The largest absolute Gasteiger partial charge is 0.368 e. The molecule has 3 rings (SSSR count). The number of nitrogens with one attached hydrogen (secondary N) is 3. The van der Waals surface area contributed by atoms with Crippen molar-refractivity contribution in [1.82, 2.24) is 15.5 Å². The first-order valence-electron chi connectivity index (χ1n) is 8.48. The lowest BCUT2D eigenvalue weighted by molar-refractivity contribution is -0.131. The third-order valence-corrected chi connectivity index (χ3v) is 4.21. The van der Waals surface area contributed by atoms with Crippen LogP contribution in [0.25, 0.3) is 0 Å². The number of aromatic amines is 1. The molecule has 0 unspecified atom stereocenters. The van der Waals surface area contributed by atoms with Crippen molar-refractivity contribution in [2.45, 2.75) is 37.8 Å². The maximum absolute atomic E-state index is 12.6. The van der Waals surface area contributed by atoms with Gasteiger partial charge in [0, 0.05) is 6.07 Å². The number of anilines is 1. The Balaban J connectivity index is 1.63. The monoisotopic (exact) mass is 342 g/mol. The van der Waals surface area contributed by atoms with Crippen LogP contribution in [0.2, 0.25) is 0 Å². The first kappa shape index (κ1) is 17.2. The number of carbonyl (C=O) groups is 2. The molecule has 132 valence electrons. The number of benzene rings is 1. The molecule has 25 heavy (non-hydrogen) atoms. The summed E-state index contributed by atoms with van der Waals surface area (Å²) >= 11 is 0. The van der Waals surface area contributed by atoms with E-state index in [1.165, 1.54) is 0 Å². The number of aromatic nitrogens is 2. The Kier molecular flexibility index (Phi) is 5.79. The number of carbonyl (C=O) groups excluding carboxylic acids is 2. The zero-order valence-electron chi connectivity index (χ0n) is 13.9. The van der Waals surface area contributed by atoms with Crippen molar-refractivity contribution in [3.8, 4) is 0 Å². The molecule has 0 aliphatic heterocycles. The van der Waals surface area contributed by atoms with Crippen molar-refractivity contribution in [2.24, 2.45) is 0 Å². The first-order valence-corrected chi connectivity index (χ1v) is 8.48. The maximum atomic E-state index is 12.6. The van der Waals surface area contributed by atoms with Crippen molar-refractivity contribution in [1.29, 1.82) is 0 Å². The lowest BCUT2D eigenvalue weighted by Gasteiger charge is -2.19. The molecule has 0 saturated heterocycles. The number of amides is 2. The number of hydrogen-bond acceptors (Lipinski definition) is 4. The minimum atomic E-state index is -0.802. The molecular weight excluding hydrogens is 320 g/mol. The van der Waals surface area contributed by atoms with Crippen molar-refractivity contribution in [3.05, 3.63) is 48.2 Å². The summed E-state index contributed by atoms with van der Waals surface area (Å²) in [5.41, 5.74) is 0.703. The van der Waals surface area contributed by atoms with Crippen LogP contribution in [0.3, 0.4) is 0 Å². The van der Waals surface area contributed by atoms with E-state index in [4.69, 9.17) is 4.74 Å². The summed E-state index contributed by atoms with van der Waals surface area (Å²) in [5, 5.41) is 11.9. The Morgan fingerprint density at radius 2 is 1.96 bits per heavy atom. The second-order valence-electron chi connectivity index (χ2n) is 6.09. The van der Waals surface area contributed by atoms with Gasteiger partial charge in [0.05, 0.1) is 12.3 Å². The van der Waals surface area contributed by atoms with Gasteiger partial charge in [-0.05, 0) is 18.4 Å². The number of rotatable bonds is 7. The van der Waals surface area contributed by atoms with Gasteiger partial charge in [0.2, 0.25) is 5.91 Å². The molecule has 1 atom stereocenters. The first-order chi connectivity index (χ1) is 12.2. The maximum Gasteiger partial charge on any atom is 0.252 e. The molecule has 1 aliphatic carbocycles. The molecule has 1 aliphatic rings. The van der Waals surface area contributed by atoms with Gasteiger partial charge < -0.3 is 15.4 Å². The highest BCUT2D eigenvalue weighted by Crippen LogP contribution is 2.21. The summed E-state index contributed by atoms with van der Waals surface area (Å²) in [4.78, 5) is 24.8. The number of H-pyrrole nitrogens is 1. The zero-order chi connectivity index (χ0) is 17.5. The van der Waals surface area contributed by atoms with Gasteiger partial charge in [0.15, 0.2) is 0 Å². The van der Waals surface area contributed by atoms with Crippen LogP contribution in [-0.2, 0) is 14.3 Å². The summed E-state index contributed by atoms with van der Waals surface area (Å²) in [5.74, 6) is -0.174. The Morgan fingerprint density at radius 1 is 1.20 bits per heavy atom. The highest BCUT2D eigenvalue weighted by atomic mass is 16.5. The number of nitrogens with zero attached hydrogens (tertiary/aromatic N) is 1. The molecular formula is C18H22N4O3. The summed E-state index contributed by atoms with van der Waals surface area (Å²) in [6.45, 7) is -0.0364. The molecule has 2 aromatic rings. The van der Waals surface area contributed by atoms with Gasteiger partial charge >= 0.3 is 0 Å². The van der Waals surface area contributed by atoms with Gasteiger partial charge in [-0.15, -0.1) is 0 Å². The summed E-state index contributed by atoms with van der Waals surface area (Å²) in [6, 6.07) is 9.96. The predicted octanol–water partition coefficient (Wildman–Crippen LogP) is 2.16. The van der Waals surface area contributed by atoms with E-state index in [2.05, 4.69) is 20.8 Å². The molecule has 0 spiro atoms. The van der Waals surface area contributed by atoms with E-state index in [0.29, 0.717) is 11.4 Å². The van der Waals surface area contributed by atoms with Crippen molar-refractivity contribution >= 4 is 17.6 Å². The molecule has 2 amide bonds. The Hall–Kier alpha value is -2.67. The standard InChI is InChI=1S/C18H22N4O3/c23-16(12-25-14-8-4-5-9-14)21-17(13-6-2-1-3-7-13)18(24)20-15-10-11-19-22-15/h1-3,6-7,10-11,14,17H,4-5,8-9,12H2,(H,21,23)(H2,19,20,22,24)/t17-/m0/s1. The van der Waals surface area contributed by atoms with Crippen molar-refractivity contribution in [2.75, 3.05) is 11.9 Å². The van der Waals surface area contributed by atoms with Crippen LogP contribution in [0.15, 0.2) is 42.6 Å². The fourth-order valence-electron chi connectivity index (χ4n) is 2.93. The molecule has 3 N–H and O–H groups in total. The van der Waals surface area contributed by atoms with Crippen LogP contribution >= 0.6 is 0 Å². The molecule has 7 heteroatoms. The molecule has 1 aromatic heterocycles. The summed E-state index contributed by atoms with van der Waals surface area (Å²) in [7, 11) is 0. The molecule has 0 radical (unpaired) electrons. The molecule has 1 aromatic carbocycles. The average Bonchev–Trinajstić information content (AvgIpc) is 3.32. The van der Waals surface area contributed by atoms with E-state index in [1.54, 1.807) is 24.4 Å². The van der Waals surface area contributed by atoms with Crippen molar-refractivity contribution in [3.63, 3.8) is 0 Å². The topological polar surface area (TPSA) is 96.1 Å². The van der Waals surface area contributed by atoms with E-state index < -0.39 is 6.04 Å². The van der Waals surface area contributed by atoms with Gasteiger partial charge in [-0.1, -0.05) is 43.2 Å². The van der Waals surface area contributed by atoms with E-state index in [0.717, 1.165) is 25.7 Å². The highest BCUT2D eigenvalue weighted by molar-refractivity contribution is 5.97. The normalized spacial score (nSPS) is 15.7.